The summed E-state index contributed by atoms with van der Waals surface area (Å²) in [5, 5.41) is 0. The Labute approximate surface area is 125 Å². The predicted octanol–water partition coefficient (Wildman–Crippen LogP) is 3.42. The van der Waals surface area contributed by atoms with E-state index in [1.54, 1.807) is 24.4 Å². The van der Waals surface area contributed by atoms with Gasteiger partial charge in [0.1, 0.15) is 5.82 Å². The zero-order valence-electron chi connectivity index (χ0n) is 11.7. The molecule has 4 nitrogen and oxygen atoms in total. The SMILES string of the molecule is O=c1[nH]c2ncc(C3=CCCCc4cc(F)ccc43)cc2o1. The lowest BCUT2D eigenvalue weighted by Crippen LogP contribution is -1.95. The summed E-state index contributed by atoms with van der Waals surface area (Å²) in [5.74, 6) is -0.734. The van der Waals surface area contributed by atoms with Crippen molar-refractivity contribution >= 4 is 16.8 Å². The fraction of sp³-hybridized carbons (Fsp3) is 0.176. The average molecular weight is 296 g/mol. The second-order valence-corrected chi connectivity index (χ2v) is 5.40. The number of aryl methyl sites for hydroxylation is 1. The Hall–Kier alpha value is -2.69. The molecule has 0 spiro atoms. The third-order valence-electron chi connectivity index (χ3n) is 3.94. The molecule has 0 fully saturated rings. The maximum absolute atomic E-state index is 13.5. The van der Waals surface area contributed by atoms with Gasteiger partial charge in [-0.2, -0.15) is 0 Å². The summed E-state index contributed by atoms with van der Waals surface area (Å²) in [6, 6.07) is 6.67. The lowest BCUT2D eigenvalue weighted by atomic mass is 9.94. The first-order chi connectivity index (χ1) is 10.7. The number of aromatic amines is 1. The summed E-state index contributed by atoms with van der Waals surface area (Å²) in [5.41, 5.74) is 4.74. The molecule has 0 radical (unpaired) electrons. The molecule has 3 aromatic rings. The van der Waals surface area contributed by atoms with E-state index >= 15 is 0 Å². The highest BCUT2D eigenvalue weighted by Crippen LogP contribution is 2.31. The minimum atomic E-state index is -0.517. The van der Waals surface area contributed by atoms with Crippen LogP contribution in [0.4, 0.5) is 4.39 Å². The molecular formula is C17H13FN2O2. The van der Waals surface area contributed by atoms with Crippen LogP contribution in [0.1, 0.15) is 29.5 Å². The van der Waals surface area contributed by atoms with Crippen molar-refractivity contribution in [2.24, 2.45) is 0 Å². The molecule has 1 N–H and O–H groups in total. The number of hydrogen-bond acceptors (Lipinski definition) is 3. The number of hydrogen-bond donors (Lipinski definition) is 1. The molecule has 5 heteroatoms. The number of oxazole rings is 1. The van der Waals surface area contributed by atoms with E-state index in [1.807, 2.05) is 0 Å². The molecule has 0 amide bonds. The van der Waals surface area contributed by atoms with Crippen LogP contribution in [0.3, 0.4) is 0 Å². The maximum atomic E-state index is 13.5. The Morgan fingerprint density at radius 2 is 2.18 bits per heavy atom. The smallest absolute Gasteiger partial charge is 0.406 e. The molecule has 2 heterocycles. The van der Waals surface area contributed by atoms with Gasteiger partial charge in [-0.25, -0.2) is 14.2 Å². The molecule has 0 bridgehead atoms. The molecule has 0 atom stereocenters. The van der Waals surface area contributed by atoms with E-state index in [2.05, 4.69) is 16.0 Å². The van der Waals surface area contributed by atoms with Crippen LogP contribution in [-0.4, -0.2) is 9.97 Å². The van der Waals surface area contributed by atoms with E-state index in [0.717, 1.165) is 41.5 Å². The monoisotopic (exact) mass is 296 g/mol. The van der Waals surface area contributed by atoms with Crippen molar-refractivity contribution in [3.63, 3.8) is 0 Å². The van der Waals surface area contributed by atoms with Gasteiger partial charge < -0.3 is 4.42 Å². The Balaban J connectivity index is 1.90. The second kappa shape index (κ2) is 4.94. The molecule has 2 aromatic heterocycles. The van der Waals surface area contributed by atoms with Gasteiger partial charge in [0.2, 0.25) is 0 Å². The summed E-state index contributed by atoms with van der Waals surface area (Å²) in [7, 11) is 0. The number of benzene rings is 1. The summed E-state index contributed by atoms with van der Waals surface area (Å²) < 4.78 is 18.6. The standard InChI is InChI=1S/C17H13FN2O2/c18-12-5-6-14-10(7-12)3-1-2-4-13(14)11-8-15-16(19-9-11)20-17(21)22-15/h4-9H,1-3H2,(H,19,20,21). The summed E-state index contributed by atoms with van der Waals surface area (Å²) in [6.07, 6.45) is 6.59. The highest BCUT2D eigenvalue weighted by molar-refractivity contribution is 5.84. The molecule has 0 saturated heterocycles. The molecular weight excluding hydrogens is 283 g/mol. The Kier molecular flexibility index (Phi) is 2.92. The summed E-state index contributed by atoms with van der Waals surface area (Å²) in [6.45, 7) is 0. The minimum Gasteiger partial charge on any atom is -0.406 e. The van der Waals surface area contributed by atoms with Gasteiger partial charge in [-0.15, -0.1) is 0 Å². The first kappa shape index (κ1) is 13.0. The van der Waals surface area contributed by atoms with Crippen LogP contribution in [0.25, 0.3) is 16.8 Å². The second-order valence-electron chi connectivity index (χ2n) is 5.40. The van der Waals surface area contributed by atoms with Crippen LogP contribution in [0, 0.1) is 5.82 Å². The van der Waals surface area contributed by atoms with Crippen LogP contribution >= 0.6 is 0 Å². The van der Waals surface area contributed by atoms with Crippen molar-refractivity contribution < 1.29 is 8.81 Å². The third-order valence-corrected chi connectivity index (χ3v) is 3.94. The van der Waals surface area contributed by atoms with Gasteiger partial charge in [-0.05, 0) is 54.2 Å². The van der Waals surface area contributed by atoms with Gasteiger partial charge >= 0.3 is 5.76 Å². The van der Waals surface area contributed by atoms with E-state index < -0.39 is 5.76 Å². The molecule has 1 aromatic carbocycles. The number of aromatic nitrogens is 2. The van der Waals surface area contributed by atoms with Crippen molar-refractivity contribution in [3.05, 3.63) is 69.6 Å². The Morgan fingerprint density at radius 1 is 1.27 bits per heavy atom. The normalized spacial score (nSPS) is 14.5. The first-order valence-corrected chi connectivity index (χ1v) is 7.19. The fourth-order valence-electron chi connectivity index (χ4n) is 2.94. The molecule has 4 rings (SSSR count). The average Bonchev–Trinajstić information content (AvgIpc) is 2.74. The van der Waals surface area contributed by atoms with Gasteiger partial charge in [0.05, 0.1) is 0 Å². The Bertz CT molecular complexity index is 953. The number of nitrogens with zero attached hydrogens (tertiary/aromatic N) is 1. The number of fused-ring (bicyclic) bond motifs is 2. The van der Waals surface area contributed by atoms with Crippen molar-refractivity contribution in [3.8, 4) is 0 Å². The number of halogens is 1. The van der Waals surface area contributed by atoms with E-state index in [0.29, 0.717) is 11.2 Å². The van der Waals surface area contributed by atoms with Gasteiger partial charge in [0.25, 0.3) is 0 Å². The maximum Gasteiger partial charge on any atom is 0.418 e. The van der Waals surface area contributed by atoms with Crippen LogP contribution < -0.4 is 5.76 Å². The summed E-state index contributed by atoms with van der Waals surface area (Å²) in [4.78, 5) is 18.0. The van der Waals surface area contributed by atoms with Crippen LogP contribution in [0.5, 0.6) is 0 Å². The van der Waals surface area contributed by atoms with Crippen molar-refractivity contribution in [1.29, 1.82) is 0 Å². The van der Waals surface area contributed by atoms with Gasteiger partial charge in [0.15, 0.2) is 11.2 Å². The number of rotatable bonds is 1. The van der Waals surface area contributed by atoms with Crippen LogP contribution in [0.2, 0.25) is 0 Å². The molecule has 1 aliphatic carbocycles. The Morgan fingerprint density at radius 3 is 3.09 bits per heavy atom. The molecule has 0 unspecified atom stereocenters. The van der Waals surface area contributed by atoms with E-state index in [-0.39, 0.29) is 5.82 Å². The van der Waals surface area contributed by atoms with E-state index in [1.165, 1.54) is 6.07 Å². The zero-order valence-corrected chi connectivity index (χ0v) is 11.7. The van der Waals surface area contributed by atoms with Crippen LogP contribution in [-0.2, 0) is 6.42 Å². The molecule has 0 aliphatic heterocycles. The molecule has 1 aliphatic rings. The highest BCUT2D eigenvalue weighted by Gasteiger charge is 2.15. The van der Waals surface area contributed by atoms with Crippen molar-refractivity contribution in [1.82, 2.24) is 9.97 Å². The lowest BCUT2D eigenvalue weighted by Gasteiger charge is -2.11. The number of pyridine rings is 1. The topological polar surface area (TPSA) is 58.9 Å². The van der Waals surface area contributed by atoms with E-state index in [4.69, 9.17) is 4.42 Å². The summed E-state index contributed by atoms with van der Waals surface area (Å²) >= 11 is 0. The zero-order chi connectivity index (χ0) is 15.1. The van der Waals surface area contributed by atoms with Crippen molar-refractivity contribution in [2.75, 3.05) is 0 Å². The fourth-order valence-corrected chi connectivity index (χ4v) is 2.94. The molecule has 110 valence electrons. The number of H-pyrrole nitrogens is 1. The predicted molar refractivity (Wildman–Crippen MR) is 81.0 cm³/mol. The molecule has 0 saturated carbocycles. The van der Waals surface area contributed by atoms with Crippen molar-refractivity contribution in [2.45, 2.75) is 19.3 Å². The lowest BCUT2D eigenvalue weighted by molar-refractivity contribution is 0.555. The minimum absolute atomic E-state index is 0.217. The van der Waals surface area contributed by atoms with E-state index in [9.17, 15) is 9.18 Å². The number of allylic oxidation sites excluding steroid dienone is 1. The highest BCUT2D eigenvalue weighted by atomic mass is 19.1. The largest absolute Gasteiger partial charge is 0.418 e. The number of nitrogens with one attached hydrogen (secondary N) is 1. The quantitative estimate of drug-likeness (QED) is 0.748. The van der Waals surface area contributed by atoms with Gasteiger partial charge in [-0.3, -0.25) is 4.98 Å². The first-order valence-electron chi connectivity index (χ1n) is 7.19. The van der Waals surface area contributed by atoms with Gasteiger partial charge in [-0.1, -0.05) is 12.1 Å². The van der Waals surface area contributed by atoms with Crippen LogP contribution in [0.15, 0.2) is 45.8 Å². The third kappa shape index (κ3) is 2.15. The molecule has 22 heavy (non-hydrogen) atoms. The van der Waals surface area contributed by atoms with Gasteiger partial charge in [0, 0.05) is 11.8 Å².